The normalized spacial score (nSPS) is 28.3. The Labute approximate surface area is 369 Å². The summed E-state index contributed by atoms with van der Waals surface area (Å²) >= 11 is 0. The van der Waals surface area contributed by atoms with Gasteiger partial charge in [-0.05, 0) is 35.6 Å². The fourth-order valence-electron chi connectivity index (χ4n) is 9.92. The van der Waals surface area contributed by atoms with Crippen molar-refractivity contribution >= 4 is 35.8 Å². The van der Waals surface area contributed by atoms with Gasteiger partial charge < -0.3 is 39.0 Å². The molecule has 0 aromatic heterocycles. The molecule has 15 nitrogen and oxygen atoms in total. The van der Waals surface area contributed by atoms with E-state index < -0.39 is 88.9 Å². The van der Waals surface area contributed by atoms with Crippen molar-refractivity contribution in [3.8, 4) is 0 Å². The molecule has 0 spiro atoms. The van der Waals surface area contributed by atoms with Gasteiger partial charge in [-0.2, -0.15) is 5.06 Å². The van der Waals surface area contributed by atoms with Gasteiger partial charge in [0, 0.05) is 50.8 Å². The highest BCUT2D eigenvalue weighted by atomic mass is 16.8. The first-order chi connectivity index (χ1) is 30.3. The van der Waals surface area contributed by atoms with Crippen molar-refractivity contribution < 1.29 is 57.6 Å². The van der Waals surface area contributed by atoms with Crippen LogP contribution in [-0.4, -0.2) is 120 Å². The molecular weight excluding hydrogens is 811 g/mol. The second-order valence-corrected chi connectivity index (χ2v) is 18.3. The summed E-state index contributed by atoms with van der Waals surface area (Å²) in [5.74, 6) is -3.77. The topological polar surface area (TPSA) is 179 Å². The number of fused-ring (bicyclic) bond motifs is 4. The number of hydrogen-bond donors (Lipinski definition) is 2. The third-order valence-corrected chi connectivity index (χ3v) is 13.2. The van der Waals surface area contributed by atoms with Crippen LogP contribution in [0.5, 0.6) is 0 Å². The molecular formula is C48H63N3O12. The van der Waals surface area contributed by atoms with Crippen molar-refractivity contribution in [1.29, 1.82) is 0 Å². The van der Waals surface area contributed by atoms with Gasteiger partial charge in [-0.25, -0.2) is 9.59 Å². The summed E-state index contributed by atoms with van der Waals surface area (Å²) in [6, 6.07) is 14.4. The van der Waals surface area contributed by atoms with Crippen LogP contribution in [0.4, 0.5) is 0 Å². The molecule has 2 aromatic carbocycles. The largest absolute Gasteiger partial charge is 0.462 e. The highest BCUT2D eigenvalue weighted by Crippen LogP contribution is 2.58. The quantitative estimate of drug-likeness (QED) is 0.0802. The number of hydrogen-bond acceptors (Lipinski definition) is 13. The number of aliphatic hydroxyl groups is 1. The molecule has 342 valence electrons. The summed E-state index contributed by atoms with van der Waals surface area (Å²) in [6.45, 7) is 7.79. The number of ether oxygens (including phenoxy) is 5. The molecule has 2 amide bonds. The predicted molar refractivity (Wildman–Crippen MR) is 229 cm³/mol. The number of likely N-dealkylation sites (N-methyl/N-ethyl adjacent to an activating group) is 1. The number of nitrogens with zero attached hydrogens (tertiary/aromatic N) is 2. The lowest BCUT2D eigenvalue weighted by Crippen LogP contribution is -2.70. The van der Waals surface area contributed by atoms with Crippen LogP contribution in [0.15, 0.2) is 60.7 Å². The Morgan fingerprint density at radius 3 is 2.32 bits per heavy atom. The van der Waals surface area contributed by atoms with Gasteiger partial charge in [-0.1, -0.05) is 108 Å². The van der Waals surface area contributed by atoms with Crippen molar-refractivity contribution in [3.63, 3.8) is 0 Å². The number of benzene rings is 2. The fourth-order valence-corrected chi connectivity index (χ4v) is 9.92. The molecule has 15 heteroatoms. The molecule has 1 aliphatic carbocycles. The number of cyclic esters (lactones) is 1. The lowest BCUT2D eigenvalue weighted by molar-refractivity contribution is -0.225. The maximum atomic E-state index is 15.6. The Kier molecular flexibility index (Phi) is 14.4. The maximum Gasteiger partial charge on any atom is 0.348 e. The molecule has 2 bridgehead atoms. The van der Waals surface area contributed by atoms with Crippen LogP contribution in [0.25, 0.3) is 6.08 Å². The van der Waals surface area contributed by atoms with Crippen molar-refractivity contribution in [2.75, 3.05) is 26.8 Å². The van der Waals surface area contributed by atoms with Gasteiger partial charge in [0.25, 0.3) is 0 Å². The van der Waals surface area contributed by atoms with E-state index in [4.69, 9.17) is 28.5 Å². The summed E-state index contributed by atoms with van der Waals surface area (Å²) < 4.78 is 30.8. The number of unbranched alkanes of at least 4 members (excludes halogenated alkanes) is 4. The van der Waals surface area contributed by atoms with E-state index in [-0.39, 0.29) is 39.1 Å². The summed E-state index contributed by atoms with van der Waals surface area (Å²) in [4.78, 5) is 77.4. The first kappa shape index (κ1) is 46.3. The van der Waals surface area contributed by atoms with Crippen molar-refractivity contribution in [2.24, 2.45) is 10.8 Å². The highest BCUT2D eigenvalue weighted by Gasteiger charge is 2.76. The van der Waals surface area contributed by atoms with Gasteiger partial charge in [0.15, 0.2) is 11.8 Å². The van der Waals surface area contributed by atoms with Crippen LogP contribution >= 0.6 is 0 Å². The second kappa shape index (κ2) is 19.6. The van der Waals surface area contributed by atoms with E-state index in [0.29, 0.717) is 24.0 Å². The smallest absolute Gasteiger partial charge is 0.348 e. The number of esters is 3. The Morgan fingerprint density at radius 2 is 1.65 bits per heavy atom. The predicted octanol–water partition coefficient (Wildman–Crippen LogP) is 4.81. The maximum absolute atomic E-state index is 15.6. The minimum Gasteiger partial charge on any atom is -0.462 e. The molecule has 5 aliphatic rings. The fraction of sp³-hybridized carbons (Fsp3) is 0.604. The zero-order chi connectivity index (χ0) is 44.9. The Balaban J connectivity index is 1.22. The Morgan fingerprint density at radius 1 is 0.952 bits per heavy atom. The third-order valence-electron chi connectivity index (χ3n) is 13.2. The highest BCUT2D eigenvalue weighted by molar-refractivity contribution is 5.96. The minimum atomic E-state index is -1.54. The number of carbonyl (C=O) groups excluding carboxylic acids is 5. The molecule has 2 N–H and O–H groups in total. The van der Waals surface area contributed by atoms with Gasteiger partial charge in [0.2, 0.25) is 17.9 Å². The summed E-state index contributed by atoms with van der Waals surface area (Å²) in [7, 11) is 1.58. The van der Waals surface area contributed by atoms with Crippen LogP contribution < -0.4 is 5.32 Å². The Bertz CT molecular complexity index is 2000. The molecule has 4 aliphatic heterocycles. The molecule has 4 heterocycles. The molecule has 63 heavy (non-hydrogen) atoms. The van der Waals surface area contributed by atoms with E-state index in [9.17, 15) is 24.3 Å². The van der Waals surface area contributed by atoms with Crippen LogP contribution in [0, 0.1) is 10.8 Å². The SMILES string of the molecule is CCCCCC1(CCCCC)O[C@@H]2[C@H](O1)[C@H]1ON(Cc3cccc(C=CC(=O)O[C@H]4C(=O)OCC4(C)C)c3)[C@@H]3C(=O)O[C@@H]2C[C@]13C(=O)N(C)[C@H](Cc1ccccc1)C(=O)NCCO. The first-order valence-electron chi connectivity index (χ1n) is 22.6. The summed E-state index contributed by atoms with van der Waals surface area (Å²) in [6.07, 6.45) is 5.84. The average molecular weight is 874 g/mol. The third kappa shape index (κ3) is 9.58. The van der Waals surface area contributed by atoms with Crippen molar-refractivity contribution in [3.05, 3.63) is 77.4 Å². The standard InChI is InChI=1S/C48H63N3O12/c1-6-8-13-22-47(23-14-9-7-2)61-37-35-28-48(45(57)50(5)34(42(54)49-24-25-52)27-31-16-11-10-12-17-31)39(43(55)59-35)51(63-40(48)38(37)62-47)29-33-19-15-18-32(26-33)20-21-36(53)60-41-44(56)58-30-46(41,3)4/h10-12,15-21,26,34-35,37-41,52H,6-9,13-14,22-25,27-30H2,1-5H3,(H,49,54)/t34-,35-,37+,38+,39-,40-,41+,48-/m1/s1. The van der Waals surface area contributed by atoms with Crippen LogP contribution in [0.2, 0.25) is 0 Å². The Hall–Kier alpha value is -4.67. The van der Waals surface area contributed by atoms with Crippen molar-refractivity contribution in [2.45, 2.75) is 147 Å². The number of hydroxylamine groups is 2. The number of aliphatic hydroxyl groups excluding tert-OH is 1. The molecule has 0 unspecified atom stereocenters. The molecule has 8 atom stereocenters. The molecule has 0 radical (unpaired) electrons. The van der Waals surface area contributed by atoms with Gasteiger partial charge in [0.1, 0.15) is 42.5 Å². The number of rotatable bonds is 20. The van der Waals surface area contributed by atoms with E-state index >= 15 is 4.79 Å². The van der Waals surface area contributed by atoms with Crippen molar-refractivity contribution in [1.82, 2.24) is 15.3 Å². The molecule has 1 saturated carbocycles. The molecule has 7 rings (SSSR count). The van der Waals surface area contributed by atoms with E-state index in [0.717, 1.165) is 44.1 Å². The number of amides is 2. The monoisotopic (exact) mass is 873 g/mol. The number of carbonyl (C=O) groups is 5. The second-order valence-electron chi connectivity index (χ2n) is 18.3. The summed E-state index contributed by atoms with van der Waals surface area (Å²) in [5, 5.41) is 13.9. The molecule has 4 saturated heterocycles. The average Bonchev–Trinajstić information content (AvgIpc) is 3.91. The van der Waals surface area contributed by atoms with Gasteiger partial charge in [-0.3, -0.25) is 19.2 Å². The van der Waals surface area contributed by atoms with Crippen LogP contribution in [-0.2, 0) is 65.5 Å². The first-order valence-corrected chi connectivity index (χ1v) is 22.6. The molecule has 2 aromatic rings. The minimum absolute atomic E-state index is 0.00365. The van der Waals surface area contributed by atoms with Gasteiger partial charge >= 0.3 is 17.9 Å². The van der Waals surface area contributed by atoms with E-state index in [1.54, 1.807) is 39.1 Å². The number of nitrogens with one attached hydrogen (secondary N) is 1. The zero-order valence-electron chi connectivity index (χ0n) is 37.1. The zero-order valence-corrected chi connectivity index (χ0v) is 37.1. The van der Waals surface area contributed by atoms with Gasteiger partial charge in [-0.15, -0.1) is 0 Å². The summed E-state index contributed by atoms with van der Waals surface area (Å²) in [5.41, 5.74) is -0.0229. The lowest BCUT2D eigenvalue weighted by Gasteiger charge is -2.50. The van der Waals surface area contributed by atoms with Crippen LogP contribution in [0.3, 0.4) is 0 Å². The van der Waals surface area contributed by atoms with E-state index in [2.05, 4.69) is 19.2 Å². The van der Waals surface area contributed by atoms with Gasteiger partial charge in [0.05, 0.1) is 13.2 Å². The van der Waals surface area contributed by atoms with E-state index in [1.165, 1.54) is 16.0 Å². The van der Waals surface area contributed by atoms with E-state index in [1.807, 2.05) is 42.5 Å². The molecule has 5 fully saturated rings. The van der Waals surface area contributed by atoms with Crippen LogP contribution in [0.1, 0.15) is 102 Å². The lowest BCUT2D eigenvalue weighted by atomic mass is 9.62.